The number of para-hydroxylation sites is 1. The normalized spacial score (nSPS) is 19.3. The van der Waals surface area contributed by atoms with Crippen molar-refractivity contribution in [1.29, 1.82) is 0 Å². The van der Waals surface area contributed by atoms with Gasteiger partial charge in [0.25, 0.3) is 5.91 Å². The molecule has 21 heavy (non-hydrogen) atoms. The predicted octanol–water partition coefficient (Wildman–Crippen LogP) is 1.25. The Balaban J connectivity index is 1.88. The van der Waals surface area contributed by atoms with Crippen LogP contribution in [0.25, 0.3) is 5.69 Å². The molecule has 2 aromatic rings. The van der Waals surface area contributed by atoms with Crippen LogP contribution in [0.4, 0.5) is 0 Å². The first-order chi connectivity index (χ1) is 10.3. The maximum absolute atomic E-state index is 12.8. The Kier molecular flexibility index (Phi) is 3.96. The fraction of sp³-hybridized carbons (Fsp3) is 0.400. The molecular formula is C15H18N4O2. The number of amides is 1. The van der Waals surface area contributed by atoms with Gasteiger partial charge < -0.3 is 10.0 Å². The van der Waals surface area contributed by atoms with Crippen LogP contribution in [0.5, 0.6) is 0 Å². The fourth-order valence-electron chi connectivity index (χ4n) is 2.62. The predicted molar refractivity (Wildman–Crippen MR) is 77.1 cm³/mol. The summed E-state index contributed by atoms with van der Waals surface area (Å²) in [6.45, 7) is 1.26. The summed E-state index contributed by atoms with van der Waals surface area (Å²) >= 11 is 0. The zero-order chi connectivity index (χ0) is 14.7. The molecule has 1 fully saturated rings. The van der Waals surface area contributed by atoms with Crippen LogP contribution < -0.4 is 0 Å². The third-order valence-electron chi connectivity index (χ3n) is 3.75. The van der Waals surface area contributed by atoms with E-state index in [9.17, 15) is 9.90 Å². The maximum Gasteiger partial charge on any atom is 0.256 e. The number of likely N-dealkylation sites (tertiary alicyclic amines) is 1. The van der Waals surface area contributed by atoms with E-state index < -0.39 is 0 Å². The third-order valence-corrected chi connectivity index (χ3v) is 3.75. The lowest BCUT2D eigenvalue weighted by molar-refractivity contribution is 0.0753. The number of rotatable bonds is 2. The van der Waals surface area contributed by atoms with Crippen LogP contribution in [0, 0.1) is 0 Å². The van der Waals surface area contributed by atoms with Gasteiger partial charge in [-0.3, -0.25) is 4.79 Å². The summed E-state index contributed by atoms with van der Waals surface area (Å²) in [7, 11) is 0. The molecule has 0 radical (unpaired) electrons. The summed E-state index contributed by atoms with van der Waals surface area (Å²) in [5.41, 5.74) is 1.27. The van der Waals surface area contributed by atoms with Crippen LogP contribution >= 0.6 is 0 Å². The number of carbonyl (C=O) groups is 1. The van der Waals surface area contributed by atoms with Crippen molar-refractivity contribution in [2.45, 2.75) is 25.4 Å². The molecule has 6 heteroatoms. The van der Waals surface area contributed by atoms with Gasteiger partial charge >= 0.3 is 0 Å². The summed E-state index contributed by atoms with van der Waals surface area (Å²) in [6.07, 6.45) is 5.09. The Morgan fingerprint density at radius 1 is 1.14 bits per heavy atom. The number of nitrogens with zero attached hydrogens (tertiary/aromatic N) is 4. The number of hydrogen-bond acceptors (Lipinski definition) is 4. The van der Waals surface area contributed by atoms with E-state index in [1.54, 1.807) is 23.4 Å². The van der Waals surface area contributed by atoms with Gasteiger partial charge in [-0.15, -0.1) is 0 Å². The van der Waals surface area contributed by atoms with Gasteiger partial charge in [0.05, 0.1) is 29.7 Å². The second-order valence-electron chi connectivity index (χ2n) is 5.21. The highest BCUT2D eigenvalue weighted by molar-refractivity contribution is 5.97. The number of benzene rings is 1. The zero-order valence-electron chi connectivity index (χ0n) is 11.7. The average molecular weight is 286 g/mol. The van der Waals surface area contributed by atoms with Gasteiger partial charge in [0.2, 0.25) is 0 Å². The van der Waals surface area contributed by atoms with E-state index in [4.69, 9.17) is 0 Å². The van der Waals surface area contributed by atoms with Gasteiger partial charge in [0.1, 0.15) is 0 Å². The first-order valence-electron chi connectivity index (χ1n) is 7.19. The molecular weight excluding hydrogens is 268 g/mol. The molecule has 1 amide bonds. The molecule has 1 atom stereocenters. The monoisotopic (exact) mass is 286 g/mol. The number of aromatic nitrogens is 3. The molecule has 1 aliphatic heterocycles. The van der Waals surface area contributed by atoms with Crippen molar-refractivity contribution >= 4 is 5.91 Å². The first kappa shape index (κ1) is 13.8. The molecule has 0 spiro atoms. The minimum atomic E-state index is -0.300. The van der Waals surface area contributed by atoms with E-state index >= 15 is 0 Å². The average Bonchev–Trinajstić information content (AvgIpc) is 2.96. The van der Waals surface area contributed by atoms with E-state index in [0.717, 1.165) is 12.8 Å². The summed E-state index contributed by atoms with van der Waals surface area (Å²) in [6, 6.07) is 7.33. The molecule has 2 heterocycles. The van der Waals surface area contributed by atoms with E-state index in [1.165, 1.54) is 4.80 Å². The van der Waals surface area contributed by atoms with E-state index in [1.807, 2.05) is 18.2 Å². The van der Waals surface area contributed by atoms with Crippen LogP contribution in [0.15, 0.2) is 36.7 Å². The van der Waals surface area contributed by atoms with Gasteiger partial charge in [-0.25, -0.2) is 0 Å². The minimum absolute atomic E-state index is 0.0306. The van der Waals surface area contributed by atoms with Gasteiger partial charge in [-0.1, -0.05) is 12.1 Å². The molecule has 1 unspecified atom stereocenters. The Morgan fingerprint density at radius 2 is 1.90 bits per heavy atom. The number of aliphatic hydroxyl groups is 1. The van der Waals surface area contributed by atoms with Crippen molar-refractivity contribution < 1.29 is 9.90 Å². The highest BCUT2D eigenvalue weighted by atomic mass is 16.3. The summed E-state index contributed by atoms with van der Waals surface area (Å²) in [4.78, 5) is 16.0. The van der Waals surface area contributed by atoms with Crippen molar-refractivity contribution in [2.75, 3.05) is 13.1 Å². The summed E-state index contributed by atoms with van der Waals surface area (Å²) < 4.78 is 0. The molecule has 0 bridgehead atoms. The molecule has 0 saturated carbocycles. The number of hydrogen-bond donors (Lipinski definition) is 1. The highest BCUT2D eigenvalue weighted by Crippen LogP contribution is 2.18. The molecule has 6 nitrogen and oxygen atoms in total. The van der Waals surface area contributed by atoms with Crippen molar-refractivity contribution in [1.82, 2.24) is 19.9 Å². The summed E-state index contributed by atoms with van der Waals surface area (Å²) in [5, 5.41) is 17.9. The number of aliphatic hydroxyl groups excluding tert-OH is 1. The standard InChI is InChI=1S/C15H18N4O2/c20-12-4-3-10-18(11-7-12)15(21)13-5-1-2-6-14(13)19-16-8-9-17-19/h1-2,5-6,8-9,12,20H,3-4,7,10-11H2. The lowest BCUT2D eigenvalue weighted by Crippen LogP contribution is -2.33. The smallest absolute Gasteiger partial charge is 0.256 e. The van der Waals surface area contributed by atoms with Crippen LogP contribution in [-0.4, -0.2) is 50.1 Å². The lowest BCUT2D eigenvalue weighted by atomic mass is 10.1. The van der Waals surface area contributed by atoms with Gasteiger partial charge in [-0.05, 0) is 31.4 Å². The second kappa shape index (κ2) is 6.05. The molecule has 110 valence electrons. The van der Waals surface area contributed by atoms with Crippen LogP contribution in [0.3, 0.4) is 0 Å². The minimum Gasteiger partial charge on any atom is -0.393 e. The quantitative estimate of drug-likeness (QED) is 0.902. The Morgan fingerprint density at radius 3 is 2.71 bits per heavy atom. The van der Waals surface area contributed by atoms with Crippen molar-refractivity contribution in [3.63, 3.8) is 0 Å². The molecule has 1 aromatic carbocycles. The molecule has 1 aromatic heterocycles. The van der Waals surface area contributed by atoms with E-state index in [2.05, 4.69) is 10.2 Å². The van der Waals surface area contributed by atoms with Crippen molar-refractivity contribution in [2.24, 2.45) is 0 Å². The number of carbonyl (C=O) groups excluding carboxylic acids is 1. The zero-order valence-corrected chi connectivity index (χ0v) is 11.7. The first-order valence-corrected chi connectivity index (χ1v) is 7.19. The van der Waals surface area contributed by atoms with Gasteiger partial charge in [-0.2, -0.15) is 15.0 Å². The topological polar surface area (TPSA) is 71.2 Å². The van der Waals surface area contributed by atoms with Crippen LogP contribution in [0.1, 0.15) is 29.6 Å². The largest absolute Gasteiger partial charge is 0.393 e. The SMILES string of the molecule is O=C(c1ccccc1-n1nccn1)N1CCCC(O)CC1. The maximum atomic E-state index is 12.8. The van der Waals surface area contributed by atoms with Crippen molar-refractivity contribution in [3.8, 4) is 5.69 Å². The second-order valence-corrected chi connectivity index (χ2v) is 5.21. The summed E-state index contributed by atoms with van der Waals surface area (Å²) in [5.74, 6) is -0.0306. The Labute approximate surface area is 123 Å². The van der Waals surface area contributed by atoms with E-state index in [-0.39, 0.29) is 12.0 Å². The van der Waals surface area contributed by atoms with Gasteiger partial charge in [0.15, 0.2) is 0 Å². The molecule has 1 N–H and O–H groups in total. The van der Waals surface area contributed by atoms with Crippen LogP contribution in [0.2, 0.25) is 0 Å². The van der Waals surface area contributed by atoms with Crippen molar-refractivity contribution in [3.05, 3.63) is 42.2 Å². The molecule has 0 aliphatic carbocycles. The Hall–Kier alpha value is -2.21. The lowest BCUT2D eigenvalue weighted by Gasteiger charge is -2.21. The molecule has 1 aliphatic rings. The molecule has 3 rings (SSSR count). The van der Waals surface area contributed by atoms with Gasteiger partial charge in [0, 0.05) is 13.1 Å². The third kappa shape index (κ3) is 2.95. The van der Waals surface area contributed by atoms with E-state index in [0.29, 0.717) is 30.8 Å². The Bertz CT molecular complexity index is 612. The van der Waals surface area contributed by atoms with Crippen LogP contribution in [-0.2, 0) is 0 Å². The highest BCUT2D eigenvalue weighted by Gasteiger charge is 2.23. The fourth-order valence-corrected chi connectivity index (χ4v) is 2.62. The molecule has 1 saturated heterocycles.